The molecule has 2 nitrogen and oxygen atoms in total. The van der Waals surface area contributed by atoms with Crippen molar-refractivity contribution in [2.75, 3.05) is 13.1 Å². The Morgan fingerprint density at radius 3 is 2.44 bits per heavy atom. The van der Waals surface area contributed by atoms with E-state index in [-0.39, 0.29) is 6.04 Å². The number of aldehydes is 1. The second-order valence-corrected chi connectivity index (χ2v) is 4.65. The third kappa shape index (κ3) is 2.63. The van der Waals surface area contributed by atoms with Crippen LogP contribution >= 0.6 is 11.6 Å². The molecule has 0 N–H and O–H groups in total. The minimum absolute atomic E-state index is 0.234. The van der Waals surface area contributed by atoms with Crippen molar-refractivity contribution in [3.8, 4) is 0 Å². The zero-order valence-corrected chi connectivity index (χ0v) is 9.99. The molecular weight excluding hydrogens is 222 g/mol. The highest BCUT2D eigenvalue weighted by molar-refractivity contribution is 6.30. The normalized spacial score (nSPS) is 18.6. The summed E-state index contributed by atoms with van der Waals surface area (Å²) in [6, 6.07) is 8.07. The van der Waals surface area contributed by atoms with Gasteiger partial charge in [-0.05, 0) is 43.6 Å². The summed E-state index contributed by atoms with van der Waals surface area (Å²) >= 11 is 5.87. The molecule has 1 aromatic carbocycles. The highest BCUT2D eigenvalue weighted by atomic mass is 35.5. The predicted octanol–water partition coefficient (Wildman–Crippen LogP) is 3.07. The number of carbonyl (C=O) groups excluding carboxylic acids is 1. The molecule has 1 saturated heterocycles. The molecule has 0 radical (unpaired) electrons. The fraction of sp³-hybridized carbons (Fsp3) is 0.462. The zero-order valence-electron chi connectivity index (χ0n) is 9.23. The van der Waals surface area contributed by atoms with Crippen molar-refractivity contribution in [3.63, 3.8) is 0 Å². The van der Waals surface area contributed by atoms with Crippen molar-refractivity contribution >= 4 is 17.9 Å². The van der Waals surface area contributed by atoms with Crippen LogP contribution < -0.4 is 0 Å². The first-order valence-electron chi connectivity index (χ1n) is 5.74. The van der Waals surface area contributed by atoms with Crippen molar-refractivity contribution in [2.24, 2.45) is 0 Å². The minimum atomic E-state index is 0.234. The number of hydrogen-bond acceptors (Lipinski definition) is 2. The lowest BCUT2D eigenvalue weighted by Gasteiger charge is -2.26. The molecule has 0 bridgehead atoms. The summed E-state index contributed by atoms with van der Waals surface area (Å²) in [6.45, 7) is 2.20. The number of nitrogens with zero attached hydrogens (tertiary/aromatic N) is 1. The first-order chi connectivity index (χ1) is 7.81. The van der Waals surface area contributed by atoms with Gasteiger partial charge in [0.25, 0.3) is 0 Å². The Labute approximate surface area is 101 Å². The van der Waals surface area contributed by atoms with Gasteiger partial charge in [0.1, 0.15) is 6.29 Å². The van der Waals surface area contributed by atoms with E-state index in [1.807, 2.05) is 24.3 Å². The number of likely N-dealkylation sites (tertiary alicyclic amines) is 1. The maximum Gasteiger partial charge on any atom is 0.121 e. The quantitative estimate of drug-likeness (QED) is 0.751. The number of carbonyl (C=O) groups is 1. The van der Waals surface area contributed by atoms with Gasteiger partial charge in [0, 0.05) is 17.5 Å². The molecular formula is C13H16ClNO. The van der Waals surface area contributed by atoms with E-state index < -0.39 is 0 Å². The molecule has 1 aromatic rings. The van der Waals surface area contributed by atoms with E-state index >= 15 is 0 Å². The zero-order chi connectivity index (χ0) is 11.4. The van der Waals surface area contributed by atoms with Crippen molar-refractivity contribution in [3.05, 3.63) is 34.9 Å². The van der Waals surface area contributed by atoms with Crippen LogP contribution in [0.25, 0.3) is 0 Å². The van der Waals surface area contributed by atoms with Crippen LogP contribution in [0.2, 0.25) is 5.02 Å². The molecule has 16 heavy (non-hydrogen) atoms. The van der Waals surface area contributed by atoms with Gasteiger partial charge < -0.3 is 4.79 Å². The molecule has 0 amide bonds. The standard InChI is InChI=1S/C13H16ClNO/c14-12-5-3-11(4-6-12)13(7-10-16)15-8-1-2-9-15/h3-6,10,13H,1-2,7-9H2. The Hall–Kier alpha value is -0.860. The molecule has 1 unspecified atom stereocenters. The molecule has 0 aromatic heterocycles. The average Bonchev–Trinajstić information content (AvgIpc) is 2.81. The van der Waals surface area contributed by atoms with Gasteiger partial charge in [-0.2, -0.15) is 0 Å². The fourth-order valence-corrected chi connectivity index (χ4v) is 2.45. The molecule has 0 saturated carbocycles. The van der Waals surface area contributed by atoms with Gasteiger partial charge in [-0.25, -0.2) is 0 Å². The molecule has 1 aliphatic rings. The molecule has 1 aliphatic heterocycles. The van der Waals surface area contributed by atoms with E-state index in [0.29, 0.717) is 6.42 Å². The average molecular weight is 238 g/mol. The summed E-state index contributed by atoms with van der Waals surface area (Å²) in [7, 11) is 0. The summed E-state index contributed by atoms with van der Waals surface area (Å²) in [5, 5.41) is 0.745. The maximum atomic E-state index is 10.8. The van der Waals surface area contributed by atoms with Crippen LogP contribution in [0.1, 0.15) is 30.9 Å². The molecule has 0 aliphatic carbocycles. The first-order valence-corrected chi connectivity index (χ1v) is 6.12. The van der Waals surface area contributed by atoms with Crippen LogP contribution in [0.4, 0.5) is 0 Å². The number of hydrogen-bond donors (Lipinski definition) is 0. The van der Waals surface area contributed by atoms with Crippen molar-refractivity contribution in [1.82, 2.24) is 4.90 Å². The van der Waals surface area contributed by atoms with E-state index in [4.69, 9.17) is 11.6 Å². The third-order valence-electron chi connectivity index (χ3n) is 3.16. The van der Waals surface area contributed by atoms with Gasteiger partial charge in [0.15, 0.2) is 0 Å². The van der Waals surface area contributed by atoms with E-state index in [1.165, 1.54) is 18.4 Å². The Balaban J connectivity index is 2.17. The van der Waals surface area contributed by atoms with Crippen molar-refractivity contribution < 1.29 is 4.79 Å². The molecule has 0 spiro atoms. The van der Waals surface area contributed by atoms with E-state index in [1.54, 1.807) is 0 Å². The third-order valence-corrected chi connectivity index (χ3v) is 3.41. The lowest BCUT2D eigenvalue weighted by molar-refractivity contribution is -0.108. The summed E-state index contributed by atoms with van der Waals surface area (Å²) < 4.78 is 0. The topological polar surface area (TPSA) is 20.3 Å². The largest absolute Gasteiger partial charge is 0.303 e. The van der Waals surface area contributed by atoms with E-state index in [2.05, 4.69) is 4.90 Å². The lowest BCUT2D eigenvalue weighted by Crippen LogP contribution is -2.25. The number of benzene rings is 1. The van der Waals surface area contributed by atoms with Gasteiger partial charge in [-0.3, -0.25) is 4.90 Å². The van der Waals surface area contributed by atoms with Gasteiger partial charge in [0.2, 0.25) is 0 Å². The Morgan fingerprint density at radius 2 is 1.88 bits per heavy atom. The molecule has 2 rings (SSSR count). The summed E-state index contributed by atoms with van der Waals surface area (Å²) in [5.41, 5.74) is 1.19. The summed E-state index contributed by atoms with van der Waals surface area (Å²) in [4.78, 5) is 13.1. The SMILES string of the molecule is O=CCC(c1ccc(Cl)cc1)N1CCCC1. The van der Waals surface area contributed by atoms with Crippen LogP contribution in [0.15, 0.2) is 24.3 Å². The van der Waals surface area contributed by atoms with Crippen LogP contribution in [-0.2, 0) is 4.79 Å². The second-order valence-electron chi connectivity index (χ2n) is 4.21. The maximum absolute atomic E-state index is 10.8. The molecule has 3 heteroatoms. The highest BCUT2D eigenvalue weighted by Crippen LogP contribution is 2.28. The van der Waals surface area contributed by atoms with Gasteiger partial charge in [-0.1, -0.05) is 23.7 Å². The molecule has 1 atom stereocenters. The van der Waals surface area contributed by atoms with Gasteiger partial charge in [-0.15, -0.1) is 0 Å². The van der Waals surface area contributed by atoms with Crippen LogP contribution in [0.3, 0.4) is 0 Å². The molecule has 1 heterocycles. The lowest BCUT2D eigenvalue weighted by atomic mass is 10.0. The van der Waals surface area contributed by atoms with Crippen LogP contribution in [0.5, 0.6) is 0 Å². The Bertz CT molecular complexity index is 343. The van der Waals surface area contributed by atoms with Crippen molar-refractivity contribution in [1.29, 1.82) is 0 Å². The monoisotopic (exact) mass is 237 g/mol. The van der Waals surface area contributed by atoms with Gasteiger partial charge in [0.05, 0.1) is 0 Å². The highest BCUT2D eigenvalue weighted by Gasteiger charge is 2.22. The predicted molar refractivity (Wildman–Crippen MR) is 65.7 cm³/mol. The smallest absolute Gasteiger partial charge is 0.121 e. The summed E-state index contributed by atoms with van der Waals surface area (Å²) in [6.07, 6.45) is 4.06. The van der Waals surface area contributed by atoms with Crippen LogP contribution in [0, 0.1) is 0 Å². The summed E-state index contributed by atoms with van der Waals surface area (Å²) in [5.74, 6) is 0. The van der Waals surface area contributed by atoms with Gasteiger partial charge >= 0.3 is 0 Å². The van der Waals surface area contributed by atoms with Crippen molar-refractivity contribution in [2.45, 2.75) is 25.3 Å². The van der Waals surface area contributed by atoms with E-state index in [0.717, 1.165) is 24.4 Å². The minimum Gasteiger partial charge on any atom is -0.303 e. The number of rotatable bonds is 4. The van der Waals surface area contributed by atoms with Crippen LogP contribution in [-0.4, -0.2) is 24.3 Å². The number of halogens is 1. The second kappa shape index (κ2) is 5.46. The Morgan fingerprint density at radius 1 is 1.25 bits per heavy atom. The Kier molecular flexibility index (Phi) is 3.97. The molecule has 86 valence electrons. The fourth-order valence-electron chi connectivity index (χ4n) is 2.33. The first kappa shape index (κ1) is 11.6. The van der Waals surface area contributed by atoms with E-state index in [9.17, 15) is 4.79 Å². The molecule has 1 fully saturated rings.